The SMILES string of the molecule is [N-]=[N+]=Nc1cccc(-n2c(=O)[nH]c(=O)c3cnc4ccc(-c5cnc(N6CCOCC6)nc5)nc4c32)c1. The molecule has 0 radical (unpaired) electrons. The molecule has 37 heavy (non-hydrogen) atoms. The first-order valence-corrected chi connectivity index (χ1v) is 11.4. The number of pyridine rings is 2. The molecule has 1 fully saturated rings. The molecule has 1 saturated heterocycles. The van der Waals surface area contributed by atoms with E-state index < -0.39 is 11.2 Å². The van der Waals surface area contributed by atoms with Crippen LogP contribution in [0.4, 0.5) is 11.6 Å². The van der Waals surface area contributed by atoms with E-state index in [-0.39, 0.29) is 10.9 Å². The van der Waals surface area contributed by atoms with Gasteiger partial charge in [0.05, 0.1) is 41.0 Å². The molecule has 0 bridgehead atoms. The second kappa shape index (κ2) is 9.15. The molecule has 1 aromatic carbocycles. The second-order valence-electron chi connectivity index (χ2n) is 8.26. The van der Waals surface area contributed by atoms with E-state index >= 15 is 0 Å². The summed E-state index contributed by atoms with van der Waals surface area (Å²) in [6, 6.07) is 10.0. The van der Waals surface area contributed by atoms with E-state index in [4.69, 9.17) is 15.3 Å². The number of rotatable bonds is 4. The molecular formula is C24H18N10O3. The number of hydrogen-bond acceptors (Lipinski definition) is 9. The number of ether oxygens (including phenoxy) is 1. The Labute approximate surface area is 207 Å². The number of aromatic amines is 1. The smallest absolute Gasteiger partial charge is 0.333 e. The van der Waals surface area contributed by atoms with Crippen molar-refractivity contribution in [1.82, 2.24) is 29.5 Å². The highest BCUT2D eigenvalue weighted by Crippen LogP contribution is 2.26. The van der Waals surface area contributed by atoms with Crippen molar-refractivity contribution in [2.24, 2.45) is 5.11 Å². The van der Waals surface area contributed by atoms with E-state index in [9.17, 15) is 9.59 Å². The van der Waals surface area contributed by atoms with Gasteiger partial charge in [-0.1, -0.05) is 17.2 Å². The first-order chi connectivity index (χ1) is 18.1. The maximum atomic E-state index is 13.0. The normalized spacial score (nSPS) is 13.6. The minimum Gasteiger partial charge on any atom is -0.378 e. The molecular weight excluding hydrogens is 476 g/mol. The van der Waals surface area contributed by atoms with E-state index in [0.29, 0.717) is 52.8 Å². The van der Waals surface area contributed by atoms with Gasteiger partial charge in [-0.15, -0.1) is 0 Å². The molecule has 0 unspecified atom stereocenters. The maximum Gasteiger partial charge on any atom is 0.333 e. The molecule has 13 nitrogen and oxygen atoms in total. The van der Waals surface area contributed by atoms with Crippen molar-refractivity contribution in [3.63, 3.8) is 0 Å². The van der Waals surface area contributed by atoms with Gasteiger partial charge in [0.25, 0.3) is 5.56 Å². The third-order valence-corrected chi connectivity index (χ3v) is 6.05. The molecule has 5 aromatic rings. The Balaban J connectivity index is 1.55. The minimum atomic E-state index is -0.659. The summed E-state index contributed by atoms with van der Waals surface area (Å²) < 4.78 is 6.71. The predicted octanol–water partition coefficient (Wildman–Crippen LogP) is 2.86. The summed E-state index contributed by atoms with van der Waals surface area (Å²) in [4.78, 5) is 51.1. The number of nitrogens with one attached hydrogen (secondary N) is 1. The fourth-order valence-electron chi connectivity index (χ4n) is 4.30. The van der Waals surface area contributed by atoms with Gasteiger partial charge in [0.1, 0.15) is 5.52 Å². The van der Waals surface area contributed by atoms with Crippen LogP contribution in [0.5, 0.6) is 0 Å². The second-order valence-corrected chi connectivity index (χ2v) is 8.26. The molecule has 13 heteroatoms. The molecule has 0 saturated carbocycles. The van der Waals surface area contributed by atoms with Crippen LogP contribution in [-0.2, 0) is 4.74 Å². The predicted molar refractivity (Wildman–Crippen MR) is 136 cm³/mol. The number of hydrogen-bond donors (Lipinski definition) is 1. The largest absolute Gasteiger partial charge is 0.378 e. The molecule has 1 aliphatic heterocycles. The monoisotopic (exact) mass is 494 g/mol. The van der Waals surface area contributed by atoms with E-state index in [1.165, 1.54) is 10.8 Å². The van der Waals surface area contributed by atoms with Gasteiger partial charge in [-0.2, -0.15) is 0 Å². The van der Waals surface area contributed by atoms with Crippen LogP contribution in [0.1, 0.15) is 0 Å². The average molecular weight is 494 g/mol. The lowest BCUT2D eigenvalue weighted by molar-refractivity contribution is 0.122. The zero-order chi connectivity index (χ0) is 25.4. The molecule has 0 amide bonds. The highest BCUT2D eigenvalue weighted by Gasteiger charge is 2.17. The van der Waals surface area contributed by atoms with Gasteiger partial charge in [-0.25, -0.2) is 19.7 Å². The standard InChI is InChI=1S/C24H18N10O3/c25-32-31-15-2-1-3-16(10-15)34-21-17(22(35)30-24(34)36)13-26-19-5-4-18(29-20(19)21)14-11-27-23(28-12-14)33-6-8-37-9-7-33/h1-5,10-13H,6-9H2,(H,30,35,36). The number of aromatic nitrogens is 6. The quantitative estimate of drug-likeness (QED) is 0.172. The third-order valence-electron chi connectivity index (χ3n) is 6.05. The Morgan fingerprint density at radius 1 is 1.03 bits per heavy atom. The number of benzene rings is 1. The van der Waals surface area contributed by atoms with Crippen LogP contribution in [0.2, 0.25) is 0 Å². The molecule has 0 aliphatic carbocycles. The maximum absolute atomic E-state index is 13.0. The lowest BCUT2D eigenvalue weighted by Gasteiger charge is -2.26. The van der Waals surface area contributed by atoms with Crippen LogP contribution >= 0.6 is 0 Å². The third kappa shape index (κ3) is 4.03. The first kappa shape index (κ1) is 22.3. The zero-order valence-corrected chi connectivity index (χ0v) is 19.3. The molecule has 4 aromatic heterocycles. The summed E-state index contributed by atoms with van der Waals surface area (Å²) in [6.45, 7) is 2.70. The summed E-state index contributed by atoms with van der Waals surface area (Å²) in [5, 5.41) is 3.80. The van der Waals surface area contributed by atoms with Gasteiger partial charge in [-0.3, -0.25) is 19.3 Å². The van der Waals surface area contributed by atoms with Crippen molar-refractivity contribution in [3.8, 4) is 16.9 Å². The average Bonchev–Trinajstić information content (AvgIpc) is 2.94. The molecule has 5 heterocycles. The number of morpholine rings is 1. The van der Waals surface area contributed by atoms with Crippen LogP contribution in [0, 0.1) is 0 Å². The number of fused-ring (bicyclic) bond motifs is 3. The summed E-state index contributed by atoms with van der Waals surface area (Å²) in [7, 11) is 0. The number of H-pyrrole nitrogens is 1. The van der Waals surface area contributed by atoms with E-state index in [2.05, 4.69) is 30.0 Å². The summed E-state index contributed by atoms with van der Waals surface area (Å²) in [5.74, 6) is 0.611. The van der Waals surface area contributed by atoms with Crippen LogP contribution < -0.4 is 16.1 Å². The Morgan fingerprint density at radius 2 is 1.84 bits per heavy atom. The van der Waals surface area contributed by atoms with Crippen LogP contribution in [-0.4, -0.2) is 55.8 Å². The topological polar surface area (TPSA) is 168 Å². The van der Waals surface area contributed by atoms with Gasteiger partial charge < -0.3 is 9.64 Å². The zero-order valence-electron chi connectivity index (χ0n) is 19.3. The van der Waals surface area contributed by atoms with Gasteiger partial charge >= 0.3 is 5.69 Å². The highest BCUT2D eigenvalue weighted by molar-refractivity contribution is 6.01. The fraction of sp³-hybridized carbons (Fsp3) is 0.167. The van der Waals surface area contributed by atoms with Crippen LogP contribution in [0.15, 0.2) is 69.7 Å². The van der Waals surface area contributed by atoms with Crippen molar-refractivity contribution in [2.75, 3.05) is 31.2 Å². The van der Waals surface area contributed by atoms with Crippen LogP contribution in [0.25, 0.3) is 49.3 Å². The van der Waals surface area contributed by atoms with E-state index in [0.717, 1.165) is 13.1 Å². The summed E-state index contributed by atoms with van der Waals surface area (Å²) in [6.07, 6.45) is 4.78. The Bertz CT molecular complexity index is 1820. The van der Waals surface area contributed by atoms with Crippen molar-refractivity contribution in [3.05, 3.63) is 86.3 Å². The Kier molecular flexibility index (Phi) is 5.52. The summed E-state index contributed by atoms with van der Waals surface area (Å²) >= 11 is 0. The molecule has 6 rings (SSSR count). The van der Waals surface area contributed by atoms with Gasteiger partial charge in [-0.05, 0) is 29.8 Å². The molecule has 0 spiro atoms. The number of nitrogens with zero attached hydrogens (tertiary/aromatic N) is 9. The molecule has 182 valence electrons. The van der Waals surface area contributed by atoms with Gasteiger partial charge in [0, 0.05) is 47.8 Å². The number of azide groups is 1. The lowest BCUT2D eigenvalue weighted by atomic mass is 10.1. The van der Waals surface area contributed by atoms with Crippen LogP contribution in [0.3, 0.4) is 0 Å². The summed E-state index contributed by atoms with van der Waals surface area (Å²) in [5.41, 5.74) is 10.6. The van der Waals surface area contributed by atoms with Crippen molar-refractivity contribution in [2.45, 2.75) is 0 Å². The first-order valence-electron chi connectivity index (χ1n) is 11.4. The minimum absolute atomic E-state index is 0.185. The van der Waals surface area contributed by atoms with Crippen molar-refractivity contribution in [1.29, 1.82) is 0 Å². The van der Waals surface area contributed by atoms with Crippen molar-refractivity contribution >= 4 is 33.6 Å². The molecule has 1 N–H and O–H groups in total. The highest BCUT2D eigenvalue weighted by atomic mass is 16.5. The van der Waals surface area contributed by atoms with Crippen molar-refractivity contribution < 1.29 is 4.74 Å². The fourth-order valence-corrected chi connectivity index (χ4v) is 4.30. The molecule has 0 atom stereocenters. The van der Waals surface area contributed by atoms with Gasteiger partial charge in [0.15, 0.2) is 0 Å². The van der Waals surface area contributed by atoms with Gasteiger partial charge in [0.2, 0.25) is 5.95 Å². The Hall–Kier alpha value is -5.13. The van der Waals surface area contributed by atoms with E-state index in [1.54, 1.807) is 48.8 Å². The number of anilines is 1. The lowest BCUT2D eigenvalue weighted by Crippen LogP contribution is -2.37. The Morgan fingerprint density at radius 3 is 2.62 bits per heavy atom. The van der Waals surface area contributed by atoms with E-state index in [1.807, 2.05) is 4.90 Å². The molecule has 1 aliphatic rings.